The molecule has 174 valence electrons. The second-order valence-corrected chi connectivity index (χ2v) is 8.51. The summed E-state index contributed by atoms with van der Waals surface area (Å²) in [6.45, 7) is 6.02. The summed E-state index contributed by atoms with van der Waals surface area (Å²) in [6.07, 6.45) is -4.60. The number of benzene rings is 3. The minimum atomic E-state index is -4.60. The van der Waals surface area contributed by atoms with Crippen LogP contribution in [0.3, 0.4) is 0 Å². The number of anilines is 2. The second kappa shape index (κ2) is 8.82. The van der Waals surface area contributed by atoms with E-state index < -0.39 is 23.6 Å². The number of carbonyl (C=O) groups is 2. The van der Waals surface area contributed by atoms with Crippen molar-refractivity contribution >= 4 is 28.8 Å². The Balaban J connectivity index is 1.78. The summed E-state index contributed by atoms with van der Waals surface area (Å²) < 4.78 is 39.8. The molecule has 4 nitrogen and oxygen atoms in total. The lowest BCUT2D eigenvalue weighted by Gasteiger charge is -2.17. The molecule has 34 heavy (non-hydrogen) atoms. The second-order valence-electron chi connectivity index (χ2n) is 8.51. The zero-order valence-electron chi connectivity index (χ0n) is 18.9. The molecule has 3 aromatic rings. The predicted molar refractivity (Wildman–Crippen MR) is 126 cm³/mol. The highest BCUT2D eigenvalue weighted by Crippen LogP contribution is 2.37. The molecule has 3 aromatic carbocycles. The number of nitrogens with zero attached hydrogens (tertiary/aromatic N) is 1. The van der Waals surface area contributed by atoms with Crippen molar-refractivity contribution in [1.82, 2.24) is 0 Å². The molecule has 0 bridgehead atoms. The van der Waals surface area contributed by atoms with Gasteiger partial charge in [-0.25, -0.2) is 4.90 Å². The van der Waals surface area contributed by atoms with E-state index in [1.807, 2.05) is 31.2 Å². The maximum atomic E-state index is 13.4. The van der Waals surface area contributed by atoms with Gasteiger partial charge in [-0.2, -0.15) is 13.2 Å². The topological polar surface area (TPSA) is 49.4 Å². The van der Waals surface area contributed by atoms with Gasteiger partial charge in [0.25, 0.3) is 11.8 Å². The van der Waals surface area contributed by atoms with Crippen LogP contribution in [0.15, 0.2) is 78.5 Å². The number of hydrogen-bond acceptors (Lipinski definition) is 3. The maximum Gasteiger partial charge on any atom is 0.416 e. The smallest absolute Gasteiger partial charge is 0.350 e. The Bertz CT molecular complexity index is 1270. The Morgan fingerprint density at radius 3 is 2.09 bits per heavy atom. The Labute approximate surface area is 195 Å². The summed E-state index contributed by atoms with van der Waals surface area (Å²) >= 11 is 0. The molecule has 0 atom stereocenters. The first-order valence-corrected chi connectivity index (χ1v) is 10.8. The lowest BCUT2D eigenvalue weighted by molar-refractivity contribution is -0.137. The fraction of sp³-hybridized carbons (Fsp3) is 0.185. The van der Waals surface area contributed by atoms with E-state index >= 15 is 0 Å². The lowest BCUT2D eigenvalue weighted by atomic mass is 10.0. The minimum absolute atomic E-state index is 0.0172. The molecular formula is C27H23F3N2O2. The van der Waals surface area contributed by atoms with Gasteiger partial charge >= 0.3 is 6.18 Å². The maximum absolute atomic E-state index is 13.4. The summed E-state index contributed by atoms with van der Waals surface area (Å²) in [6, 6.07) is 18.7. The third-order valence-corrected chi connectivity index (χ3v) is 5.70. The van der Waals surface area contributed by atoms with E-state index in [0.717, 1.165) is 28.2 Å². The Morgan fingerprint density at radius 1 is 0.853 bits per heavy atom. The average molecular weight is 464 g/mol. The number of carbonyl (C=O) groups excluding carboxylic acids is 2. The molecule has 0 saturated carbocycles. The summed E-state index contributed by atoms with van der Waals surface area (Å²) in [7, 11) is 0. The van der Waals surface area contributed by atoms with Crippen LogP contribution < -0.4 is 10.2 Å². The number of hydrogen-bond donors (Lipinski definition) is 1. The van der Waals surface area contributed by atoms with Crippen molar-refractivity contribution < 1.29 is 22.8 Å². The molecule has 0 spiro atoms. The van der Waals surface area contributed by atoms with Crippen LogP contribution in [0.5, 0.6) is 0 Å². The van der Waals surface area contributed by atoms with Crippen LogP contribution >= 0.6 is 0 Å². The van der Waals surface area contributed by atoms with Crippen LogP contribution in [0.2, 0.25) is 0 Å². The SMILES string of the molecule is Cc1ccc(C2=C(Nc3ccc(C(C)C)cc3)C(=O)N(c3cccc(C(F)(F)F)c3)C2=O)cc1. The van der Waals surface area contributed by atoms with E-state index in [-0.39, 0.29) is 17.0 Å². The standard InChI is InChI=1S/C27H23F3N2O2/c1-16(2)18-11-13-21(14-12-18)31-24-23(19-9-7-17(3)8-10-19)25(33)32(26(24)34)22-6-4-5-20(15-22)27(28,29)30/h4-16,31H,1-3H3. The molecular weight excluding hydrogens is 441 g/mol. The van der Waals surface area contributed by atoms with Gasteiger partial charge in [0.15, 0.2) is 0 Å². The van der Waals surface area contributed by atoms with Crippen molar-refractivity contribution in [3.63, 3.8) is 0 Å². The number of amides is 2. The zero-order valence-corrected chi connectivity index (χ0v) is 18.9. The number of halogens is 3. The highest BCUT2D eigenvalue weighted by atomic mass is 19.4. The van der Waals surface area contributed by atoms with Gasteiger partial charge in [-0.1, -0.05) is 61.9 Å². The summed E-state index contributed by atoms with van der Waals surface area (Å²) in [5.74, 6) is -1.08. The molecule has 0 unspecified atom stereocenters. The molecule has 0 saturated heterocycles. The Morgan fingerprint density at radius 2 is 1.50 bits per heavy atom. The molecule has 0 fully saturated rings. The number of rotatable bonds is 5. The molecule has 0 aromatic heterocycles. The molecule has 7 heteroatoms. The van der Waals surface area contributed by atoms with Crippen molar-refractivity contribution in [2.75, 3.05) is 10.2 Å². The van der Waals surface area contributed by atoms with Gasteiger partial charge in [-0.15, -0.1) is 0 Å². The van der Waals surface area contributed by atoms with Crippen LogP contribution in [0.25, 0.3) is 5.57 Å². The number of aryl methyl sites for hydroxylation is 1. The van der Waals surface area contributed by atoms with Gasteiger partial charge < -0.3 is 5.32 Å². The van der Waals surface area contributed by atoms with E-state index in [9.17, 15) is 22.8 Å². The first-order chi connectivity index (χ1) is 16.1. The van der Waals surface area contributed by atoms with Crippen LogP contribution in [-0.2, 0) is 15.8 Å². The lowest BCUT2D eigenvalue weighted by Crippen LogP contribution is -2.32. The van der Waals surface area contributed by atoms with E-state index in [1.165, 1.54) is 12.1 Å². The molecule has 1 heterocycles. The molecule has 1 N–H and O–H groups in total. The Hall–Kier alpha value is -3.87. The van der Waals surface area contributed by atoms with Crippen molar-refractivity contribution in [3.05, 3.63) is 101 Å². The predicted octanol–water partition coefficient (Wildman–Crippen LogP) is 6.53. The minimum Gasteiger partial charge on any atom is -0.350 e. The summed E-state index contributed by atoms with van der Waals surface area (Å²) in [5.41, 5.74) is 2.22. The van der Waals surface area contributed by atoms with E-state index in [1.54, 1.807) is 24.3 Å². The van der Waals surface area contributed by atoms with Crippen molar-refractivity contribution in [2.45, 2.75) is 32.9 Å². The van der Waals surface area contributed by atoms with Gasteiger partial charge in [0.05, 0.1) is 16.8 Å². The van der Waals surface area contributed by atoms with Gasteiger partial charge in [-0.3, -0.25) is 9.59 Å². The van der Waals surface area contributed by atoms with Gasteiger partial charge in [0.2, 0.25) is 0 Å². The monoisotopic (exact) mass is 464 g/mol. The van der Waals surface area contributed by atoms with Crippen LogP contribution in [0.4, 0.5) is 24.5 Å². The number of alkyl halides is 3. The Kier molecular flexibility index (Phi) is 6.04. The first kappa shape index (κ1) is 23.3. The molecule has 4 rings (SSSR count). The van der Waals surface area contributed by atoms with Crippen LogP contribution in [0.1, 0.15) is 42.0 Å². The first-order valence-electron chi connectivity index (χ1n) is 10.8. The summed E-state index contributed by atoms with van der Waals surface area (Å²) in [5, 5.41) is 3.04. The third kappa shape index (κ3) is 4.46. The van der Waals surface area contributed by atoms with E-state index in [0.29, 0.717) is 17.2 Å². The molecule has 0 radical (unpaired) electrons. The van der Waals surface area contributed by atoms with Gasteiger partial charge in [-0.05, 0) is 54.3 Å². The zero-order chi connectivity index (χ0) is 24.6. The van der Waals surface area contributed by atoms with Crippen LogP contribution in [-0.4, -0.2) is 11.8 Å². The average Bonchev–Trinajstić information content (AvgIpc) is 3.03. The van der Waals surface area contributed by atoms with Gasteiger partial charge in [0, 0.05) is 5.69 Å². The number of imide groups is 1. The fourth-order valence-electron chi connectivity index (χ4n) is 3.79. The van der Waals surface area contributed by atoms with Crippen molar-refractivity contribution in [2.24, 2.45) is 0 Å². The molecule has 1 aliphatic rings. The van der Waals surface area contributed by atoms with Crippen molar-refractivity contribution in [1.29, 1.82) is 0 Å². The molecule has 2 amide bonds. The third-order valence-electron chi connectivity index (χ3n) is 5.70. The highest BCUT2D eigenvalue weighted by molar-refractivity contribution is 6.46. The van der Waals surface area contributed by atoms with Crippen LogP contribution in [0, 0.1) is 6.92 Å². The normalized spacial score (nSPS) is 14.4. The molecule has 1 aliphatic heterocycles. The van der Waals surface area contributed by atoms with E-state index in [2.05, 4.69) is 19.2 Å². The number of nitrogens with one attached hydrogen (secondary N) is 1. The van der Waals surface area contributed by atoms with E-state index in [4.69, 9.17) is 0 Å². The largest absolute Gasteiger partial charge is 0.416 e. The molecule has 0 aliphatic carbocycles. The quantitative estimate of drug-likeness (QED) is 0.437. The summed E-state index contributed by atoms with van der Waals surface area (Å²) in [4.78, 5) is 27.6. The van der Waals surface area contributed by atoms with Crippen molar-refractivity contribution in [3.8, 4) is 0 Å². The fourth-order valence-corrected chi connectivity index (χ4v) is 3.79. The highest BCUT2D eigenvalue weighted by Gasteiger charge is 2.41. The van der Waals surface area contributed by atoms with Gasteiger partial charge in [0.1, 0.15) is 5.70 Å².